The Bertz CT molecular complexity index is 1250. The van der Waals surface area contributed by atoms with Crippen LogP contribution in [0.2, 0.25) is 0 Å². The molecule has 29 heavy (non-hydrogen) atoms. The Hall–Kier alpha value is -3.23. The van der Waals surface area contributed by atoms with Crippen molar-refractivity contribution < 1.29 is 12.8 Å². The van der Waals surface area contributed by atoms with E-state index in [-0.39, 0.29) is 10.4 Å². The van der Waals surface area contributed by atoms with Gasteiger partial charge in [0.2, 0.25) is 0 Å². The molecule has 3 N–H and O–H groups in total. The van der Waals surface area contributed by atoms with Crippen LogP contribution >= 0.6 is 0 Å². The van der Waals surface area contributed by atoms with E-state index < -0.39 is 15.8 Å². The number of halogens is 1. The second-order valence-corrected chi connectivity index (χ2v) is 8.28. The summed E-state index contributed by atoms with van der Waals surface area (Å²) in [5.74, 6) is 0.164. The highest BCUT2D eigenvalue weighted by Gasteiger charge is 2.22. The molecule has 6 nitrogen and oxygen atoms in total. The summed E-state index contributed by atoms with van der Waals surface area (Å²) in [6.45, 7) is 1.08. The standard InChI is InChI=1S/C21H19FN4O2S/c22-16-7-8-18-19(15-6-9-21(25-13-15)24-11-10-23)14-26(20(18)12-16)29(27,28)17-4-2-1-3-5-17/h1-9,12-14H,10-11,23H2,(H,24,25). The van der Waals surface area contributed by atoms with Gasteiger partial charge in [-0.15, -0.1) is 0 Å². The highest BCUT2D eigenvalue weighted by molar-refractivity contribution is 7.90. The summed E-state index contributed by atoms with van der Waals surface area (Å²) in [6, 6.07) is 15.8. The van der Waals surface area contributed by atoms with Crippen LogP contribution in [0.1, 0.15) is 0 Å². The Balaban J connectivity index is 1.87. The summed E-state index contributed by atoms with van der Waals surface area (Å²) in [4.78, 5) is 4.48. The van der Waals surface area contributed by atoms with Gasteiger partial charge < -0.3 is 11.1 Å². The molecule has 0 saturated carbocycles. The van der Waals surface area contributed by atoms with Crippen LogP contribution in [0.25, 0.3) is 22.0 Å². The molecule has 4 aromatic rings. The second-order valence-electron chi connectivity index (χ2n) is 6.47. The van der Waals surface area contributed by atoms with Crippen LogP contribution < -0.4 is 11.1 Å². The highest BCUT2D eigenvalue weighted by atomic mass is 32.2. The molecule has 0 aliphatic heterocycles. The summed E-state index contributed by atoms with van der Waals surface area (Å²) in [5.41, 5.74) is 7.13. The number of aromatic nitrogens is 2. The van der Waals surface area contributed by atoms with E-state index in [9.17, 15) is 12.8 Å². The molecular formula is C21H19FN4O2S. The number of nitrogens with zero attached hydrogens (tertiary/aromatic N) is 2. The first-order valence-corrected chi connectivity index (χ1v) is 10.5. The van der Waals surface area contributed by atoms with Crippen molar-refractivity contribution >= 4 is 26.7 Å². The van der Waals surface area contributed by atoms with Crippen LogP contribution in [-0.4, -0.2) is 30.5 Å². The number of fused-ring (bicyclic) bond motifs is 1. The summed E-state index contributed by atoms with van der Waals surface area (Å²) in [5, 5.41) is 3.70. The van der Waals surface area contributed by atoms with Gasteiger partial charge in [-0.1, -0.05) is 18.2 Å². The van der Waals surface area contributed by atoms with Crippen molar-refractivity contribution in [3.8, 4) is 11.1 Å². The minimum absolute atomic E-state index is 0.132. The maximum absolute atomic E-state index is 14.0. The second kappa shape index (κ2) is 7.65. The van der Waals surface area contributed by atoms with Crippen molar-refractivity contribution in [2.45, 2.75) is 4.90 Å². The number of nitrogens with one attached hydrogen (secondary N) is 1. The van der Waals surface area contributed by atoms with E-state index >= 15 is 0 Å². The van der Waals surface area contributed by atoms with Gasteiger partial charge >= 0.3 is 0 Å². The van der Waals surface area contributed by atoms with Crippen molar-refractivity contribution in [2.75, 3.05) is 18.4 Å². The molecule has 148 valence electrons. The van der Waals surface area contributed by atoms with Gasteiger partial charge in [0.1, 0.15) is 11.6 Å². The molecule has 0 saturated heterocycles. The molecule has 0 aliphatic carbocycles. The molecule has 0 bridgehead atoms. The van der Waals surface area contributed by atoms with Gasteiger partial charge in [0.25, 0.3) is 10.0 Å². The van der Waals surface area contributed by atoms with Crippen LogP contribution in [0, 0.1) is 5.82 Å². The highest BCUT2D eigenvalue weighted by Crippen LogP contribution is 2.33. The van der Waals surface area contributed by atoms with Crippen molar-refractivity contribution in [2.24, 2.45) is 5.73 Å². The predicted octanol–water partition coefficient (Wildman–Crippen LogP) is 3.45. The van der Waals surface area contributed by atoms with Crippen LogP contribution in [0.15, 0.2) is 78.0 Å². The number of benzene rings is 2. The normalized spacial score (nSPS) is 11.7. The first kappa shape index (κ1) is 19.1. The number of hydrogen-bond acceptors (Lipinski definition) is 5. The summed E-state index contributed by atoms with van der Waals surface area (Å²) in [6.07, 6.45) is 3.16. The molecule has 0 radical (unpaired) electrons. The molecule has 4 rings (SSSR count). The largest absolute Gasteiger partial charge is 0.369 e. The van der Waals surface area contributed by atoms with Crippen LogP contribution in [0.3, 0.4) is 0 Å². The third-order valence-corrected chi connectivity index (χ3v) is 6.25. The van der Waals surface area contributed by atoms with Gasteiger partial charge in [-0.3, -0.25) is 0 Å². The maximum atomic E-state index is 14.0. The summed E-state index contributed by atoms with van der Waals surface area (Å²) >= 11 is 0. The van der Waals surface area contributed by atoms with Gasteiger partial charge in [-0.2, -0.15) is 0 Å². The van der Waals surface area contributed by atoms with Crippen molar-refractivity contribution in [1.29, 1.82) is 0 Å². The predicted molar refractivity (Wildman–Crippen MR) is 112 cm³/mol. The first-order chi connectivity index (χ1) is 14.0. The average molecular weight is 410 g/mol. The van der Waals surface area contributed by atoms with Crippen LogP contribution in [0.4, 0.5) is 10.2 Å². The van der Waals surface area contributed by atoms with Crippen molar-refractivity contribution in [3.63, 3.8) is 0 Å². The number of rotatable bonds is 6. The first-order valence-electron chi connectivity index (χ1n) is 9.02. The molecule has 0 amide bonds. The van der Waals surface area contributed by atoms with Gasteiger partial charge in [-0.25, -0.2) is 21.8 Å². The molecular weight excluding hydrogens is 391 g/mol. The minimum Gasteiger partial charge on any atom is -0.369 e. The van der Waals surface area contributed by atoms with E-state index in [1.165, 1.54) is 30.5 Å². The Morgan fingerprint density at radius 2 is 1.86 bits per heavy atom. The third-order valence-electron chi connectivity index (χ3n) is 4.56. The fourth-order valence-corrected chi connectivity index (χ4v) is 4.55. The molecule has 2 aromatic heterocycles. The van der Waals surface area contributed by atoms with E-state index in [0.717, 1.165) is 9.54 Å². The number of anilines is 1. The Morgan fingerprint density at radius 1 is 1.07 bits per heavy atom. The Morgan fingerprint density at radius 3 is 2.55 bits per heavy atom. The molecule has 2 heterocycles. The quantitative estimate of drug-likeness (QED) is 0.508. The van der Waals surface area contributed by atoms with E-state index in [1.807, 2.05) is 6.07 Å². The van der Waals surface area contributed by atoms with E-state index in [1.54, 1.807) is 36.5 Å². The molecule has 2 aromatic carbocycles. The van der Waals surface area contributed by atoms with Gasteiger partial charge in [0, 0.05) is 42.0 Å². The number of hydrogen-bond donors (Lipinski definition) is 2. The summed E-state index contributed by atoms with van der Waals surface area (Å²) in [7, 11) is -3.89. The van der Waals surface area contributed by atoms with E-state index in [0.29, 0.717) is 29.9 Å². The maximum Gasteiger partial charge on any atom is 0.268 e. The lowest BCUT2D eigenvalue weighted by atomic mass is 10.1. The molecule has 0 aliphatic rings. The lowest BCUT2D eigenvalue weighted by Crippen LogP contribution is -2.13. The van der Waals surface area contributed by atoms with Crippen molar-refractivity contribution in [3.05, 3.63) is 78.9 Å². The topological polar surface area (TPSA) is 90.0 Å². The zero-order chi connectivity index (χ0) is 20.4. The molecule has 8 heteroatoms. The van der Waals surface area contributed by atoms with Crippen molar-refractivity contribution in [1.82, 2.24) is 8.96 Å². The van der Waals surface area contributed by atoms with Gasteiger partial charge in [0.15, 0.2) is 0 Å². The third kappa shape index (κ3) is 3.59. The molecule has 0 fully saturated rings. The average Bonchev–Trinajstić information content (AvgIpc) is 3.12. The van der Waals surface area contributed by atoms with Crippen LogP contribution in [0.5, 0.6) is 0 Å². The fraction of sp³-hybridized carbons (Fsp3) is 0.0952. The van der Waals surface area contributed by atoms with E-state index in [2.05, 4.69) is 10.3 Å². The SMILES string of the molecule is NCCNc1ccc(-c2cn(S(=O)(=O)c3ccccc3)c3cc(F)ccc23)cn1. The Kier molecular flexibility index (Phi) is 5.04. The zero-order valence-electron chi connectivity index (χ0n) is 15.4. The minimum atomic E-state index is -3.89. The summed E-state index contributed by atoms with van der Waals surface area (Å²) < 4.78 is 41.4. The smallest absolute Gasteiger partial charge is 0.268 e. The lowest BCUT2D eigenvalue weighted by Gasteiger charge is -2.07. The van der Waals surface area contributed by atoms with Crippen LogP contribution in [-0.2, 0) is 10.0 Å². The monoisotopic (exact) mass is 410 g/mol. The van der Waals surface area contributed by atoms with E-state index in [4.69, 9.17) is 5.73 Å². The molecule has 0 unspecified atom stereocenters. The Labute approximate surface area is 167 Å². The molecule has 0 atom stereocenters. The number of pyridine rings is 1. The van der Waals surface area contributed by atoms with Gasteiger partial charge in [0.05, 0.1) is 10.4 Å². The number of nitrogens with two attached hydrogens (primary N) is 1. The van der Waals surface area contributed by atoms with Gasteiger partial charge in [-0.05, 0) is 42.5 Å². The molecule has 0 spiro atoms. The fourth-order valence-electron chi connectivity index (χ4n) is 3.16. The lowest BCUT2D eigenvalue weighted by molar-refractivity contribution is 0.589. The zero-order valence-corrected chi connectivity index (χ0v) is 16.2.